The molecule has 1 aromatic heterocycles. The number of hydrogen-bond acceptors (Lipinski definition) is 3. The average molecular weight is 575 g/mol. The first-order valence-corrected chi connectivity index (χ1v) is 10.4. The first-order valence-electron chi connectivity index (χ1n) is 10.4. The Hall–Kier alpha value is -2.34. The number of para-hydroxylation sites is 2. The average Bonchev–Trinajstić information content (AvgIpc) is 3.08. The second-order valence-corrected chi connectivity index (χ2v) is 7.43. The highest BCUT2D eigenvalue weighted by Crippen LogP contribution is 2.16. The van der Waals surface area contributed by atoms with Gasteiger partial charge >= 0.3 is 6.18 Å². The van der Waals surface area contributed by atoms with E-state index in [0.717, 1.165) is 41.9 Å². The lowest BCUT2D eigenvalue weighted by Crippen LogP contribution is -2.37. The van der Waals surface area contributed by atoms with E-state index in [2.05, 4.69) is 36.0 Å². The summed E-state index contributed by atoms with van der Waals surface area (Å²) in [4.78, 5) is 8.82. The summed E-state index contributed by atoms with van der Waals surface area (Å²) in [5.74, 6) is 1.69. The van der Waals surface area contributed by atoms with Crippen LogP contribution in [-0.2, 0) is 24.4 Å². The van der Waals surface area contributed by atoms with Crippen LogP contribution in [0.4, 0.5) is 13.2 Å². The quantitative estimate of drug-likeness (QED) is 0.167. The van der Waals surface area contributed by atoms with Gasteiger partial charge < -0.3 is 19.9 Å². The van der Waals surface area contributed by atoms with Crippen molar-refractivity contribution in [3.8, 4) is 0 Å². The molecule has 6 nitrogen and oxygen atoms in total. The van der Waals surface area contributed by atoms with Crippen molar-refractivity contribution >= 4 is 41.0 Å². The molecule has 0 aliphatic rings. The standard InChI is InChI=1S/C23H28F3N5O.HI/c1-17-30-20-6-3-4-7-21(20)31(17)13-5-12-28-22(27-2)29-14-18-8-10-19(11-9-18)15-32-16-23(24,25)26;/h3-4,6-11H,5,12-16H2,1-2H3,(H2,27,28,29);1H. The number of rotatable bonds is 9. The second-order valence-electron chi connectivity index (χ2n) is 7.43. The Balaban J connectivity index is 0.00000385. The molecule has 0 saturated heterocycles. The van der Waals surface area contributed by atoms with E-state index in [-0.39, 0.29) is 30.6 Å². The number of halogens is 4. The van der Waals surface area contributed by atoms with Crippen LogP contribution in [0.15, 0.2) is 53.5 Å². The van der Waals surface area contributed by atoms with Gasteiger partial charge in [0.05, 0.1) is 17.6 Å². The molecular weight excluding hydrogens is 546 g/mol. The molecule has 2 N–H and O–H groups in total. The highest BCUT2D eigenvalue weighted by molar-refractivity contribution is 14.0. The molecule has 0 atom stereocenters. The third kappa shape index (κ3) is 8.50. The first-order chi connectivity index (χ1) is 15.4. The predicted molar refractivity (Wildman–Crippen MR) is 135 cm³/mol. The molecular formula is C23H29F3IN5O. The number of ether oxygens (including phenoxy) is 1. The zero-order valence-corrected chi connectivity index (χ0v) is 21.0. The molecule has 2 aromatic carbocycles. The van der Waals surface area contributed by atoms with Crippen LogP contribution in [0.25, 0.3) is 11.0 Å². The van der Waals surface area contributed by atoms with Gasteiger partial charge in [-0.2, -0.15) is 13.2 Å². The molecule has 0 unspecified atom stereocenters. The van der Waals surface area contributed by atoms with Gasteiger partial charge in [-0.3, -0.25) is 4.99 Å². The molecule has 3 aromatic rings. The topological polar surface area (TPSA) is 63.5 Å². The zero-order valence-electron chi connectivity index (χ0n) is 18.7. The van der Waals surface area contributed by atoms with E-state index in [0.29, 0.717) is 18.1 Å². The Kier molecular flexibility index (Phi) is 10.4. The maximum Gasteiger partial charge on any atom is 0.411 e. The lowest BCUT2D eigenvalue weighted by atomic mass is 10.1. The summed E-state index contributed by atoms with van der Waals surface area (Å²) < 4.78 is 43.3. The van der Waals surface area contributed by atoms with Gasteiger partial charge in [0.25, 0.3) is 0 Å². The smallest absolute Gasteiger partial charge is 0.367 e. The molecule has 3 rings (SSSR count). The van der Waals surface area contributed by atoms with Crippen molar-refractivity contribution in [3.05, 3.63) is 65.5 Å². The van der Waals surface area contributed by atoms with E-state index in [1.165, 1.54) is 0 Å². The van der Waals surface area contributed by atoms with Gasteiger partial charge in [-0.1, -0.05) is 36.4 Å². The number of imidazole rings is 1. The summed E-state index contributed by atoms with van der Waals surface area (Å²) in [5.41, 5.74) is 3.84. The predicted octanol–water partition coefficient (Wildman–Crippen LogP) is 4.80. The largest absolute Gasteiger partial charge is 0.411 e. The molecule has 10 heteroatoms. The number of nitrogens with zero attached hydrogens (tertiary/aromatic N) is 3. The van der Waals surface area contributed by atoms with Crippen molar-refractivity contribution in [1.82, 2.24) is 20.2 Å². The molecule has 180 valence electrons. The van der Waals surface area contributed by atoms with E-state index in [4.69, 9.17) is 0 Å². The van der Waals surface area contributed by atoms with Crippen LogP contribution in [0.5, 0.6) is 0 Å². The van der Waals surface area contributed by atoms with Crippen molar-refractivity contribution in [2.24, 2.45) is 4.99 Å². The normalized spacial score (nSPS) is 12.0. The van der Waals surface area contributed by atoms with Gasteiger partial charge in [0, 0.05) is 26.7 Å². The molecule has 0 bridgehead atoms. The molecule has 0 aliphatic heterocycles. The Bertz CT molecular complexity index is 1030. The summed E-state index contributed by atoms with van der Waals surface area (Å²) >= 11 is 0. The zero-order chi connectivity index (χ0) is 23.0. The molecule has 0 amide bonds. The van der Waals surface area contributed by atoms with E-state index < -0.39 is 12.8 Å². The van der Waals surface area contributed by atoms with Gasteiger partial charge in [-0.05, 0) is 36.6 Å². The maximum absolute atomic E-state index is 12.1. The minimum atomic E-state index is -4.31. The van der Waals surface area contributed by atoms with Crippen molar-refractivity contribution in [3.63, 3.8) is 0 Å². The van der Waals surface area contributed by atoms with Crippen LogP contribution in [0, 0.1) is 6.92 Å². The van der Waals surface area contributed by atoms with Crippen LogP contribution < -0.4 is 10.6 Å². The Morgan fingerprint density at radius 2 is 1.76 bits per heavy atom. The minimum absolute atomic E-state index is 0. The third-order valence-corrected chi connectivity index (χ3v) is 4.94. The van der Waals surface area contributed by atoms with Gasteiger partial charge in [0.2, 0.25) is 0 Å². The van der Waals surface area contributed by atoms with Crippen LogP contribution in [0.1, 0.15) is 23.4 Å². The van der Waals surface area contributed by atoms with Crippen LogP contribution in [0.2, 0.25) is 0 Å². The Morgan fingerprint density at radius 3 is 2.45 bits per heavy atom. The van der Waals surface area contributed by atoms with Crippen LogP contribution >= 0.6 is 24.0 Å². The highest BCUT2D eigenvalue weighted by Gasteiger charge is 2.27. The van der Waals surface area contributed by atoms with Crippen LogP contribution in [-0.4, -0.2) is 41.9 Å². The monoisotopic (exact) mass is 575 g/mol. The van der Waals surface area contributed by atoms with E-state index in [9.17, 15) is 13.2 Å². The third-order valence-electron chi connectivity index (χ3n) is 4.94. The molecule has 1 heterocycles. The maximum atomic E-state index is 12.1. The number of aliphatic imine (C=N–C) groups is 1. The van der Waals surface area contributed by atoms with Crippen molar-refractivity contribution in [2.45, 2.75) is 39.2 Å². The van der Waals surface area contributed by atoms with Gasteiger partial charge in [0.1, 0.15) is 12.4 Å². The summed E-state index contributed by atoms with van der Waals surface area (Å²) in [6.07, 6.45) is -3.40. The fourth-order valence-electron chi connectivity index (χ4n) is 3.37. The highest BCUT2D eigenvalue weighted by atomic mass is 127. The summed E-state index contributed by atoms with van der Waals surface area (Å²) in [6, 6.07) is 15.4. The molecule has 0 saturated carbocycles. The molecule has 0 spiro atoms. The van der Waals surface area contributed by atoms with Crippen molar-refractivity contribution in [2.75, 3.05) is 20.2 Å². The summed E-state index contributed by atoms with van der Waals surface area (Å²) in [7, 11) is 1.71. The van der Waals surface area contributed by atoms with Crippen LogP contribution in [0.3, 0.4) is 0 Å². The number of fused-ring (bicyclic) bond motifs is 1. The fraction of sp³-hybridized carbons (Fsp3) is 0.391. The lowest BCUT2D eigenvalue weighted by molar-refractivity contribution is -0.176. The van der Waals surface area contributed by atoms with Crippen molar-refractivity contribution < 1.29 is 17.9 Å². The Labute approximate surface area is 208 Å². The number of guanidine groups is 1. The molecule has 0 fully saturated rings. The number of aromatic nitrogens is 2. The number of alkyl halides is 3. The Morgan fingerprint density at radius 1 is 1.06 bits per heavy atom. The minimum Gasteiger partial charge on any atom is -0.367 e. The number of aryl methyl sites for hydroxylation is 2. The molecule has 0 radical (unpaired) electrons. The summed E-state index contributed by atoms with van der Waals surface area (Å²) in [6.45, 7) is 2.86. The summed E-state index contributed by atoms with van der Waals surface area (Å²) in [5, 5.41) is 6.54. The van der Waals surface area contributed by atoms with Gasteiger partial charge in [0.15, 0.2) is 5.96 Å². The number of hydrogen-bond donors (Lipinski definition) is 2. The number of nitrogens with one attached hydrogen (secondary N) is 2. The molecule has 0 aliphatic carbocycles. The second kappa shape index (κ2) is 12.8. The van der Waals surface area contributed by atoms with E-state index in [1.54, 1.807) is 19.2 Å². The molecule has 33 heavy (non-hydrogen) atoms. The van der Waals surface area contributed by atoms with Gasteiger partial charge in [-0.25, -0.2) is 4.98 Å². The first kappa shape index (κ1) is 26.9. The van der Waals surface area contributed by atoms with E-state index >= 15 is 0 Å². The number of benzene rings is 2. The van der Waals surface area contributed by atoms with Gasteiger partial charge in [-0.15, -0.1) is 24.0 Å². The fourth-order valence-corrected chi connectivity index (χ4v) is 3.37. The SMILES string of the molecule is CN=C(NCCCn1c(C)nc2ccccc21)NCc1ccc(COCC(F)(F)F)cc1.I. The lowest BCUT2D eigenvalue weighted by Gasteiger charge is -2.13. The van der Waals surface area contributed by atoms with Crippen molar-refractivity contribution in [1.29, 1.82) is 0 Å². The van der Waals surface area contributed by atoms with E-state index in [1.807, 2.05) is 37.3 Å².